The summed E-state index contributed by atoms with van der Waals surface area (Å²) in [6, 6.07) is 0. The topological polar surface area (TPSA) is 9.23 Å². The van der Waals surface area contributed by atoms with Gasteiger partial charge in [0.2, 0.25) is 0 Å². The van der Waals surface area contributed by atoms with Crippen LogP contribution in [0.2, 0.25) is 0 Å². The van der Waals surface area contributed by atoms with E-state index in [1.165, 1.54) is 11.1 Å². The van der Waals surface area contributed by atoms with E-state index in [9.17, 15) is 0 Å². The normalized spacial score (nSPS) is 14.3. The first kappa shape index (κ1) is 12.0. The van der Waals surface area contributed by atoms with Crippen LogP contribution < -0.4 is 0 Å². The van der Waals surface area contributed by atoms with E-state index in [4.69, 9.17) is 4.74 Å². The molecule has 0 aliphatic carbocycles. The lowest BCUT2D eigenvalue weighted by Gasteiger charge is -2.17. The molecule has 0 saturated heterocycles. The first-order valence-corrected chi connectivity index (χ1v) is 4.69. The second kappa shape index (κ2) is 6.53. The van der Waals surface area contributed by atoms with Crippen molar-refractivity contribution < 1.29 is 4.74 Å². The summed E-state index contributed by atoms with van der Waals surface area (Å²) >= 11 is 0. The Bertz CT molecular complexity index is 203. The van der Waals surface area contributed by atoms with Crippen LogP contribution >= 0.6 is 0 Å². The van der Waals surface area contributed by atoms with Gasteiger partial charge in [0.05, 0.1) is 6.26 Å². The Morgan fingerprint density at radius 1 is 1.00 bits per heavy atom. The third-order valence-electron chi connectivity index (χ3n) is 2.09. The highest BCUT2D eigenvalue weighted by Crippen LogP contribution is 2.15. The summed E-state index contributed by atoms with van der Waals surface area (Å²) in [5.74, 6) is 0. The van der Waals surface area contributed by atoms with Gasteiger partial charge < -0.3 is 4.74 Å². The number of allylic oxidation sites excluding steroid dienone is 3. The summed E-state index contributed by atoms with van der Waals surface area (Å²) in [7, 11) is 0. The molecule has 0 aromatic rings. The van der Waals surface area contributed by atoms with Crippen LogP contribution in [0.3, 0.4) is 0 Å². The van der Waals surface area contributed by atoms with E-state index in [0.717, 1.165) is 0 Å². The smallest absolute Gasteiger partial charge is 0.139 e. The second-order valence-electron chi connectivity index (χ2n) is 3.05. The van der Waals surface area contributed by atoms with Crippen molar-refractivity contribution >= 4 is 0 Å². The van der Waals surface area contributed by atoms with Crippen molar-refractivity contribution in [2.75, 3.05) is 0 Å². The molecule has 0 aromatic heterocycles. The van der Waals surface area contributed by atoms with Gasteiger partial charge in [-0.05, 0) is 45.8 Å². The predicted octanol–water partition coefficient (Wildman–Crippen LogP) is 3.84. The number of rotatable bonds is 4. The van der Waals surface area contributed by atoms with Crippen molar-refractivity contribution in [2.45, 2.75) is 40.7 Å². The molecule has 0 heterocycles. The molecule has 0 bridgehead atoms. The zero-order valence-electron chi connectivity index (χ0n) is 9.29. The van der Waals surface area contributed by atoms with Crippen molar-refractivity contribution in [2.24, 2.45) is 0 Å². The number of hydrogen-bond acceptors (Lipinski definition) is 1. The molecule has 0 aliphatic rings. The molecule has 0 N–H and O–H groups in total. The van der Waals surface area contributed by atoms with Crippen LogP contribution in [0.4, 0.5) is 0 Å². The summed E-state index contributed by atoms with van der Waals surface area (Å²) in [4.78, 5) is 0. The van der Waals surface area contributed by atoms with Crippen LogP contribution in [0.1, 0.15) is 34.6 Å². The van der Waals surface area contributed by atoms with E-state index in [0.29, 0.717) is 0 Å². The van der Waals surface area contributed by atoms with Crippen molar-refractivity contribution in [1.82, 2.24) is 0 Å². The minimum Gasteiger partial charge on any atom is -0.490 e. The largest absolute Gasteiger partial charge is 0.490 e. The van der Waals surface area contributed by atoms with Crippen molar-refractivity contribution in [3.8, 4) is 0 Å². The summed E-state index contributed by atoms with van der Waals surface area (Å²) < 4.78 is 5.58. The van der Waals surface area contributed by atoms with Gasteiger partial charge in [0.1, 0.15) is 6.10 Å². The van der Waals surface area contributed by atoms with Crippen molar-refractivity contribution in [3.05, 3.63) is 35.6 Å². The van der Waals surface area contributed by atoms with Crippen LogP contribution in [0, 0.1) is 0 Å². The monoisotopic (exact) mass is 180 g/mol. The van der Waals surface area contributed by atoms with Crippen LogP contribution in [0.15, 0.2) is 35.6 Å². The molecule has 0 rings (SSSR count). The Balaban J connectivity index is 4.55. The molecule has 0 amide bonds. The standard InChI is InChI=1S/C12H20O/c1-6-9-13-12(10(4)7-2)11(5)8-3/h6-9,12H,1-5H3/b9-6?,10-7+,11-8+. The zero-order chi connectivity index (χ0) is 10.3. The lowest BCUT2D eigenvalue weighted by Crippen LogP contribution is -2.12. The molecule has 1 nitrogen and oxygen atoms in total. The fraction of sp³-hybridized carbons (Fsp3) is 0.500. The fourth-order valence-electron chi connectivity index (χ4n) is 1.03. The first-order chi connectivity index (χ1) is 6.17. The van der Waals surface area contributed by atoms with Gasteiger partial charge in [-0.1, -0.05) is 18.2 Å². The maximum atomic E-state index is 5.58. The van der Waals surface area contributed by atoms with Crippen LogP contribution in [0.25, 0.3) is 0 Å². The van der Waals surface area contributed by atoms with Gasteiger partial charge in [0.25, 0.3) is 0 Å². The lowest BCUT2D eigenvalue weighted by molar-refractivity contribution is 0.206. The second-order valence-corrected chi connectivity index (χ2v) is 3.05. The highest BCUT2D eigenvalue weighted by Gasteiger charge is 2.10. The number of ether oxygens (including phenoxy) is 1. The Morgan fingerprint density at radius 2 is 1.46 bits per heavy atom. The molecule has 74 valence electrons. The van der Waals surface area contributed by atoms with E-state index in [1.54, 1.807) is 6.26 Å². The first-order valence-electron chi connectivity index (χ1n) is 4.69. The van der Waals surface area contributed by atoms with E-state index < -0.39 is 0 Å². The minimum atomic E-state index is 0.103. The molecule has 0 atom stereocenters. The SMILES string of the molecule is CC=COC(/C(C)=C/C)/C(C)=C/C. The Hall–Kier alpha value is -0.980. The molecule has 0 spiro atoms. The van der Waals surface area contributed by atoms with E-state index in [-0.39, 0.29) is 6.10 Å². The maximum Gasteiger partial charge on any atom is 0.139 e. The summed E-state index contributed by atoms with van der Waals surface area (Å²) in [6.07, 6.45) is 7.91. The third-order valence-corrected chi connectivity index (χ3v) is 2.09. The Labute approximate surface area is 81.8 Å². The highest BCUT2D eigenvalue weighted by molar-refractivity contribution is 5.20. The van der Waals surface area contributed by atoms with Gasteiger partial charge in [-0.25, -0.2) is 0 Å². The molecule has 0 fully saturated rings. The van der Waals surface area contributed by atoms with Gasteiger partial charge in [-0.15, -0.1) is 0 Å². The third kappa shape index (κ3) is 3.97. The summed E-state index contributed by atoms with van der Waals surface area (Å²) in [5.41, 5.74) is 2.49. The Morgan fingerprint density at radius 3 is 1.77 bits per heavy atom. The average molecular weight is 180 g/mol. The van der Waals surface area contributed by atoms with E-state index in [2.05, 4.69) is 26.0 Å². The summed E-state index contributed by atoms with van der Waals surface area (Å²) in [5, 5.41) is 0. The van der Waals surface area contributed by atoms with Gasteiger partial charge in [0, 0.05) is 0 Å². The molecule has 0 aliphatic heterocycles. The van der Waals surface area contributed by atoms with Gasteiger partial charge in [-0.2, -0.15) is 0 Å². The molecule has 13 heavy (non-hydrogen) atoms. The maximum absolute atomic E-state index is 5.58. The molecule has 0 radical (unpaired) electrons. The number of hydrogen-bond donors (Lipinski definition) is 0. The minimum absolute atomic E-state index is 0.103. The van der Waals surface area contributed by atoms with E-state index >= 15 is 0 Å². The van der Waals surface area contributed by atoms with Gasteiger partial charge in [-0.3, -0.25) is 0 Å². The summed E-state index contributed by atoms with van der Waals surface area (Å²) in [6.45, 7) is 10.2. The fourth-order valence-corrected chi connectivity index (χ4v) is 1.03. The molecule has 0 unspecified atom stereocenters. The quantitative estimate of drug-likeness (QED) is 0.472. The van der Waals surface area contributed by atoms with Gasteiger partial charge in [0.15, 0.2) is 0 Å². The molecule has 1 heteroatoms. The van der Waals surface area contributed by atoms with Crippen molar-refractivity contribution in [1.29, 1.82) is 0 Å². The predicted molar refractivity (Wildman–Crippen MR) is 58.5 cm³/mol. The highest BCUT2D eigenvalue weighted by atomic mass is 16.5. The molecular weight excluding hydrogens is 160 g/mol. The average Bonchev–Trinajstić information content (AvgIpc) is 2.17. The van der Waals surface area contributed by atoms with E-state index in [1.807, 2.05) is 26.8 Å². The molecule has 0 aromatic carbocycles. The molecule has 0 saturated carbocycles. The van der Waals surface area contributed by atoms with Crippen LogP contribution in [0.5, 0.6) is 0 Å². The van der Waals surface area contributed by atoms with Gasteiger partial charge >= 0.3 is 0 Å². The lowest BCUT2D eigenvalue weighted by atomic mass is 10.0. The van der Waals surface area contributed by atoms with Crippen LogP contribution in [-0.2, 0) is 4.74 Å². The molecular formula is C12H20O. The van der Waals surface area contributed by atoms with Crippen molar-refractivity contribution in [3.63, 3.8) is 0 Å². The zero-order valence-corrected chi connectivity index (χ0v) is 9.29. The van der Waals surface area contributed by atoms with Crippen LogP contribution in [-0.4, -0.2) is 6.10 Å². The Kier molecular flexibility index (Phi) is 6.03.